The molecule has 16 heavy (non-hydrogen) atoms. The molecular weight excluding hydrogens is 201 g/mol. The Morgan fingerprint density at radius 2 is 2.00 bits per heavy atom. The molecule has 1 N–H and O–H groups in total. The van der Waals surface area contributed by atoms with Crippen molar-refractivity contribution >= 4 is 0 Å². The van der Waals surface area contributed by atoms with Crippen molar-refractivity contribution in [3.8, 4) is 0 Å². The van der Waals surface area contributed by atoms with Gasteiger partial charge in [0.2, 0.25) is 0 Å². The number of rotatable bonds is 3. The van der Waals surface area contributed by atoms with E-state index in [1.807, 2.05) is 31.2 Å². The van der Waals surface area contributed by atoms with Gasteiger partial charge in [0, 0.05) is 0 Å². The van der Waals surface area contributed by atoms with Crippen molar-refractivity contribution in [2.24, 2.45) is 5.92 Å². The second-order valence-electron chi connectivity index (χ2n) is 4.75. The first-order chi connectivity index (χ1) is 7.77. The third-order valence-corrected chi connectivity index (χ3v) is 3.52. The summed E-state index contributed by atoms with van der Waals surface area (Å²) in [7, 11) is 0. The van der Waals surface area contributed by atoms with Crippen molar-refractivity contribution in [1.29, 1.82) is 0 Å². The molecule has 0 spiro atoms. The molecular formula is C14H20FN. The Morgan fingerprint density at radius 3 is 2.69 bits per heavy atom. The topological polar surface area (TPSA) is 12.0 Å². The minimum absolute atomic E-state index is 0.552. The molecule has 0 aliphatic carbocycles. The second-order valence-corrected chi connectivity index (χ2v) is 4.75. The number of piperidine rings is 1. The zero-order valence-corrected chi connectivity index (χ0v) is 9.88. The fourth-order valence-corrected chi connectivity index (χ4v) is 2.48. The van der Waals surface area contributed by atoms with Crippen molar-refractivity contribution in [1.82, 2.24) is 5.32 Å². The highest BCUT2D eigenvalue weighted by molar-refractivity contribution is 5.27. The van der Waals surface area contributed by atoms with Crippen LogP contribution in [-0.4, -0.2) is 13.1 Å². The molecule has 1 fully saturated rings. The summed E-state index contributed by atoms with van der Waals surface area (Å²) in [4.78, 5) is 0. The first kappa shape index (κ1) is 11.6. The summed E-state index contributed by atoms with van der Waals surface area (Å²) in [5.74, 6) is 0.552. The van der Waals surface area contributed by atoms with Crippen LogP contribution >= 0.6 is 0 Å². The summed E-state index contributed by atoms with van der Waals surface area (Å²) in [6, 6.07) is 7.80. The van der Waals surface area contributed by atoms with Gasteiger partial charge in [-0.2, -0.15) is 0 Å². The van der Waals surface area contributed by atoms with Crippen LogP contribution in [-0.2, 0) is 0 Å². The van der Waals surface area contributed by atoms with Crippen molar-refractivity contribution < 1.29 is 4.39 Å². The van der Waals surface area contributed by atoms with Gasteiger partial charge in [0.15, 0.2) is 0 Å². The van der Waals surface area contributed by atoms with Gasteiger partial charge in [-0.1, -0.05) is 24.3 Å². The number of alkyl halides is 1. The van der Waals surface area contributed by atoms with Crippen LogP contribution in [0.4, 0.5) is 4.39 Å². The standard InChI is InChI=1S/C14H20FN/c1-11-4-2-3-5-13(11)14(15)10-12-6-8-16-9-7-12/h2-5,12,14,16H,6-10H2,1H3. The van der Waals surface area contributed by atoms with E-state index in [9.17, 15) is 4.39 Å². The predicted molar refractivity (Wildman–Crippen MR) is 65.2 cm³/mol. The molecule has 1 aromatic carbocycles. The molecule has 1 aromatic rings. The zero-order valence-electron chi connectivity index (χ0n) is 9.88. The third-order valence-electron chi connectivity index (χ3n) is 3.52. The van der Waals surface area contributed by atoms with Gasteiger partial charge < -0.3 is 5.32 Å². The summed E-state index contributed by atoms with van der Waals surface area (Å²) >= 11 is 0. The van der Waals surface area contributed by atoms with Crippen LogP contribution in [0.3, 0.4) is 0 Å². The van der Waals surface area contributed by atoms with E-state index in [0.29, 0.717) is 12.3 Å². The summed E-state index contributed by atoms with van der Waals surface area (Å²) < 4.78 is 14.2. The van der Waals surface area contributed by atoms with Crippen molar-refractivity contribution in [2.45, 2.75) is 32.4 Å². The van der Waals surface area contributed by atoms with Crippen molar-refractivity contribution in [3.63, 3.8) is 0 Å². The SMILES string of the molecule is Cc1ccccc1C(F)CC1CCNCC1. The number of aryl methyl sites for hydroxylation is 1. The van der Waals surface area contributed by atoms with Crippen LogP contribution in [0.15, 0.2) is 24.3 Å². The van der Waals surface area contributed by atoms with Gasteiger partial charge in [-0.15, -0.1) is 0 Å². The Morgan fingerprint density at radius 1 is 1.31 bits per heavy atom. The molecule has 0 radical (unpaired) electrons. The highest BCUT2D eigenvalue weighted by atomic mass is 19.1. The fraction of sp³-hybridized carbons (Fsp3) is 0.571. The van der Waals surface area contributed by atoms with E-state index >= 15 is 0 Å². The maximum atomic E-state index is 14.2. The lowest BCUT2D eigenvalue weighted by Gasteiger charge is -2.24. The number of hydrogen-bond donors (Lipinski definition) is 1. The molecule has 88 valence electrons. The average molecular weight is 221 g/mol. The molecule has 0 saturated carbocycles. The summed E-state index contributed by atoms with van der Waals surface area (Å²) in [5, 5.41) is 3.32. The van der Waals surface area contributed by atoms with Crippen LogP contribution in [0, 0.1) is 12.8 Å². The molecule has 1 saturated heterocycles. The van der Waals surface area contributed by atoms with E-state index in [4.69, 9.17) is 0 Å². The van der Waals surface area contributed by atoms with E-state index in [1.165, 1.54) is 0 Å². The summed E-state index contributed by atoms with van der Waals surface area (Å²) in [6.07, 6.45) is 2.13. The van der Waals surface area contributed by atoms with Gasteiger partial charge >= 0.3 is 0 Å². The predicted octanol–water partition coefficient (Wildman–Crippen LogP) is 3.40. The van der Waals surface area contributed by atoms with Gasteiger partial charge in [-0.05, 0) is 56.3 Å². The molecule has 2 rings (SSSR count). The number of hydrogen-bond acceptors (Lipinski definition) is 1. The fourth-order valence-electron chi connectivity index (χ4n) is 2.48. The van der Waals surface area contributed by atoms with Gasteiger partial charge in [0.05, 0.1) is 0 Å². The van der Waals surface area contributed by atoms with E-state index in [2.05, 4.69) is 5.32 Å². The van der Waals surface area contributed by atoms with Gasteiger partial charge in [-0.3, -0.25) is 0 Å². The van der Waals surface area contributed by atoms with Crippen LogP contribution in [0.1, 0.15) is 36.6 Å². The van der Waals surface area contributed by atoms with Crippen LogP contribution in [0.25, 0.3) is 0 Å². The molecule has 0 aromatic heterocycles. The Kier molecular flexibility index (Phi) is 3.94. The highest BCUT2D eigenvalue weighted by Gasteiger charge is 2.20. The molecule has 1 nitrogen and oxygen atoms in total. The maximum Gasteiger partial charge on any atom is 0.126 e. The monoisotopic (exact) mass is 221 g/mol. The summed E-state index contributed by atoms with van der Waals surface area (Å²) in [5.41, 5.74) is 1.95. The molecule has 1 heterocycles. The number of halogens is 1. The first-order valence-corrected chi connectivity index (χ1v) is 6.17. The van der Waals surface area contributed by atoms with Crippen LogP contribution in [0.5, 0.6) is 0 Å². The van der Waals surface area contributed by atoms with Gasteiger partial charge in [-0.25, -0.2) is 4.39 Å². The molecule has 1 atom stereocenters. The van der Waals surface area contributed by atoms with Gasteiger partial charge in [0.1, 0.15) is 6.17 Å². The summed E-state index contributed by atoms with van der Waals surface area (Å²) in [6.45, 7) is 4.08. The third kappa shape index (κ3) is 2.82. The lowest BCUT2D eigenvalue weighted by molar-refractivity contribution is 0.239. The lowest BCUT2D eigenvalue weighted by atomic mass is 9.89. The second kappa shape index (κ2) is 5.44. The van der Waals surface area contributed by atoms with E-state index in [1.54, 1.807) is 0 Å². The lowest BCUT2D eigenvalue weighted by Crippen LogP contribution is -2.28. The molecule has 0 amide bonds. The Bertz CT molecular complexity index is 331. The molecule has 0 bridgehead atoms. The van der Waals surface area contributed by atoms with E-state index in [-0.39, 0.29) is 0 Å². The molecule has 2 heteroatoms. The minimum Gasteiger partial charge on any atom is -0.317 e. The first-order valence-electron chi connectivity index (χ1n) is 6.17. The minimum atomic E-state index is -0.788. The average Bonchev–Trinajstić information content (AvgIpc) is 2.31. The van der Waals surface area contributed by atoms with Crippen LogP contribution < -0.4 is 5.32 Å². The zero-order chi connectivity index (χ0) is 11.4. The van der Waals surface area contributed by atoms with Crippen molar-refractivity contribution in [2.75, 3.05) is 13.1 Å². The van der Waals surface area contributed by atoms with E-state index < -0.39 is 6.17 Å². The van der Waals surface area contributed by atoms with Crippen molar-refractivity contribution in [3.05, 3.63) is 35.4 Å². The Balaban J connectivity index is 1.96. The number of benzene rings is 1. The largest absolute Gasteiger partial charge is 0.317 e. The molecule has 1 aliphatic rings. The molecule has 1 unspecified atom stereocenters. The maximum absolute atomic E-state index is 14.2. The van der Waals surface area contributed by atoms with E-state index in [0.717, 1.165) is 37.1 Å². The normalized spacial score (nSPS) is 19.6. The van der Waals surface area contributed by atoms with Crippen LogP contribution in [0.2, 0.25) is 0 Å². The number of nitrogens with one attached hydrogen (secondary N) is 1. The Labute approximate surface area is 97.1 Å². The quantitative estimate of drug-likeness (QED) is 0.825. The molecule has 1 aliphatic heterocycles. The Hall–Kier alpha value is -0.890. The smallest absolute Gasteiger partial charge is 0.126 e. The highest BCUT2D eigenvalue weighted by Crippen LogP contribution is 2.30. The van der Waals surface area contributed by atoms with Gasteiger partial charge in [0.25, 0.3) is 0 Å².